The first-order valence-electron chi connectivity index (χ1n) is 18.8. The summed E-state index contributed by atoms with van der Waals surface area (Å²) in [6, 6.07) is 9.91. The fraction of sp³-hybridized carbons (Fsp3) is 0.842. The first-order chi connectivity index (χ1) is 21.7. The van der Waals surface area contributed by atoms with Gasteiger partial charge in [0.25, 0.3) is 0 Å². The van der Waals surface area contributed by atoms with E-state index in [0.717, 1.165) is 70.3 Å². The molecule has 0 N–H and O–H groups in total. The zero-order chi connectivity index (χ0) is 31.8. The maximum Gasteiger partial charge on any atom is 0.397 e. The van der Waals surface area contributed by atoms with Crippen LogP contribution >= 0.6 is 8.60 Å². The number of hydrogen-bond acceptors (Lipinski definition) is 5. The van der Waals surface area contributed by atoms with Crippen LogP contribution in [-0.2, 0) is 18.5 Å². The molecule has 1 aromatic carbocycles. The summed E-state index contributed by atoms with van der Waals surface area (Å²) in [7, 11) is -1.41. The number of rotatable bonds is 34. The lowest BCUT2D eigenvalue weighted by Crippen LogP contribution is -2.14. The summed E-state index contributed by atoms with van der Waals surface area (Å²) in [4.78, 5) is 0. The van der Waals surface area contributed by atoms with Crippen LogP contribution in [0.3, 0.4) is 0 Å². The van der Waals surface area contributed by atoms with Crippen LogP contribution in [0.2, 0.25) is 0 Å². The van der Waals surface area contributed by atoms with E-state index in [1.807, 2.05) is 30.3 Å². The minimum atomic E-state index is -1.41. The molecule has 0 radical (unpaired) electrons. The molecule has 6 heteroatoms. The van der Waals surface area contributed by atoms with Gasteiger partial charge >= 0.3 is 8.60 Å². The van der Waals surface area contributed by atoms with Gasteiger partial charge in [-0.3, -0.25) is 0 Å². The third-order valence-electron chi connectivity index (χ3n) is 8.08. The van der Waals surface area contributed by atoms with E-state index in [9.17, 15) is 0 Å². The minimum Gasteiger partial charge on any atom is -0.427 e. The van der Waals surface area contributed by atoms with Crippen LogP contribution in [0, 0.1) is 0 Å². The number of ether oxygens (including phenoxy) is 2. The summed E-state index contributed by atoms with van der Waals surface area (Å²) in [6.07, 6.45) is 27.5. The topological polar surface area (TPSA) is 46.2 Å². The van der Waals surface area contributed by atoms with E-state index >= 15 is 0 Å². The number of para-hydroxylation sites is 1. The second-order valence-electron chi connectivity index (χ2n) is 12.4. The molecule has 0 spiro atoms. The van der Waals surface area contributed by atoms with Crippen molar-refractivity contribution in [1.82, 2.24) is 0 Å². The molecule has 44 heavy (non-hydrogen) atoms. The molecule has 5 nitrogen and oxygen atoms in total. The minimum absolute atomic E-state index is 0.375. The molecule has 0 aromatic heterocycles. The van der Waals surface area contributed by atoms with Crippen molar-refractivity contribution in [3.8, 4) is 5.75 Å². The van der Waals surface area contributed by atoms with E-state index < -0.39 is 8.60 Å². The van der Waals surface area contributed by atoms with E-state index in [1.54, 1.807) is 0 Å². The molecule has 0 aliphatic heterocycles. The van der Waals surface area contributed by atoms with Gasteiger partial charge in [-0.15, -0.1) is 0 Å². The summed E-state index contributed by atoms with van der Waals surface area (Å²) in [5.74, 6) is 0.802. The van der Waals surface area contributed by atoms with Crippen molar-refractivity contribution in [3.05, 3.63) is 30.3 Å². The van der Waals surface area contributed by atoms with Crippen molar-refractivity contribution in [2.75, 3.05) is 26.4 Å². The average molecular weight is 639 g/mol. The van der Waals surface area contributed by atoms with Gasteiger partial charge in [-0.05, 0) is 76.3 Å². The van der Waals surface area contributed by atoms with Gasteiger partial charge in [0.15, 0.2) is 0 Å². The Labute approximate surface area is 274 Å². The maximum absolute atomic E-state index is 6.25. The largest absolute Gasteiger partial charge is 0.427 e. The molecule has 0 aliphatic rings. The second kappa shape index (κ2) is 32.2. The fourth-order valence-corrected chi connectivity index (χ4v) is 6.44. The molecule has 0 bridgehead atoms. The highest BCUT2D eigenvalue weighted by Crippen LogP contribution is 2.41. The Kier molecular flexibility index (Phi) is 30.3. The molecule has 258 valence electrons. The molecular weight excluding hydrogens is 567 g/mol. The Morgan fingerprint density at radius 1 is 0.455 bits per heavy atom. The fourth-order valence-electron chi connectivity index (χ4n) is 5.41. The van der Waals surface area contributed by atoms with Gasteiger partial charge in [0.2, 0.25) is 0 Å². The van der Waals surface area contributed by atoms with Crippen LogP contribution in [0.5, 0.6) is 5.75 Å². The lowest BCUT2D eigenvalue weighted by atomic mass is 10.1. The Balaban J connectivity index is 2.31. The van der Waals surface area contributed by atoms with Crippen molar-refractivity contribution < 1.29 is 23.0 Å². The van der Waals surface area contributed by atoms with Gasteiger partial charge < -0.3 is 23.0 Å². The van der Waals surface area contributed by atoms with E-state index in [-0.39, 0.29) is 0 Å². The Bertz CT molecular complexity index is 653. The highest BCUT2D eigenvalue weighted by molar-refractivity contribution is 7.42. The smallest absolute Gasteiger partial charge is 0.397 e. The van der Waals surface area contributed by atoms with Crippen molar-refractivity contribution in [3.63, 3.8) is 0 Å². The van der Waals surface area contributed by atoms with Crippen LogP contribution in [0.15, 0.2) is 30.3 Å². The SMILES string of the molecule is CCCCCCCCOC(CCC)CCCCOP(OCCCCC(CCC)OCCCCCCCC)Oc1ccccc1. The monoisotopic (exact) mass is 639 g/mol. The Morgan fingerprint density at radius 3 is 1.34 bits per heavy atom. The molecule has 0 heterocycles. The van der Waals surface area contributed by atoms with Crippen LogP contribution < -0.4 is 4.52 Å². The zero-order valence-corrected chi connectivity index (χ0v) is 30.3. The van der Waals surface area contributed by atoms with Crippen molar-refractivity contribution in [2.24, 2.45) is 0 Å². The second-order valence-corrected chi connectivity index (χ2v) is 13.5. The van der Waals surface area contributed by atoms with Crippen molar-refractivity contribution in [2.45, 2.75) is 181 Å². The van der Waals surface area contributed by atoms with E-state index in [1.165, 1.54) is 89.9 Å². The van der Waals surface area contributed by atoms with Gasteiger partial charge in [0.1, 0.15) is 5.75 Å². The standard InChI is InChI=1S/C38H71O5P/c1-5-9-11-13-15-22-32-39-36(26-7-3)28-20-24-34-41-44(43-38-30-18-17-19-31-38)42-35-25-21-29-37(27-8-4)40-33-23-16-14-12-10-6-2/h17-19,30-31,36-37H,5-16,20-29,32-35H2,1-4H3. The summed E-state index contributed by atoms with van der Waals surface area (Å²) in [5.41, 5.74) is 0. The zero-order valence-electron chi connectivity index (χ0n) is 29.4. The molecule has 2 atom stereocenters. The van der Waals surface area contributed by atoms with E-state index in [4.69, 9.17) is 23.0 Å². The molecule has 0 saturated heterocycles. The predicted molar refractivity (Wildman–Crippen MR) is 190 cm³/mol. The molecule has 0 saturated carbocycles. The molecule has 0 fully saturated rings. The van der Waals surface area contributed by atoms with E-state index in [2.05, 4.69) is 27.7 Å². The Morgan fingerprint density at radius 2 is 0.886 bits per heavy atom. The van der Waals surface area contributed by atoms with Crippen LogP contribution in [-0.4, -0.2) is 38.6 Å². The third-order valence-corrected chi connectivity index (χ3v) is 9.23. The first-order valence-corrected chi connectivity index (χ1v) is 19.8. The van der Waals surface area contributed by atoms with Crippen molar-refractivity contribution in [1.29, 1.82) is 0 Å². The molecule has 2 unspecified atom stereocenters. The third kappa shape index (κ3) is 25.5. The summed E-state index contributed by atoms with van der Waals surface area (Å²) < 4.78 is 30.9. The van der Waals surface area contributed by atoms with Gasteiger partial charge in [-0.1, -0.05) is 123 Å². The van der Waals surface area contributed by atoms with Gasteiger partial charge in [-0.2, -0.15) is 0 Å². The lowest BCUT2D eigenvalue weighted by molar-refractivity contribution is 0.0361. The normalized spacial score (nSPS) is 13.6. The van der Waals surface area contributed by atoms with Crippen LogP contribution in [0.25, 0.3) is 0 Å². The van der Waals surface area contributed by atoms with E-state index in [0.29, 0.717) is 25.4 Å². The summed E-state index contributed by atoms with van der Waals surface area (Å²) in [6.45, 7) is 12.2. The lowest BCUT2D eigenvalue weighted by Gasteiger charge is -2.19. The Hall–Kier alpha value is -0.710. The summed E-state index contributed by atoms with van der Waals surface area (Å²) in [5, 5.41) is 0. The van der Waals surface area contributed by atoms with Crippen LogP contribution in [0.1, 0.15) is 169 Å². The average Bonchev–Trinajstić information content (AvgIpc) is 3.03. The first kappa shape index (κ1) is 41.3. The highest BCUT2D eigenvalue weighted by Gasteiger charge is 2.16. The quantitative estimate of drug-likeness (QED) is 0.0555. The highest BCUT2D eigenvalue weighted by atomic mass is 31.2. The molecule has 1 aromatic rings. The molecular formula is C38H71O5P. The molecule has 0 amide bonds. The number of benzene rings is 1. The maximum atomic E-state index is 6.25. The molecule has 1 rings (SSSR count). The number of hydrogen-bond donors (Lipinski definition) is 0. The van der Waals surface area contributed by atoms with Crippen molar-refractivity contribution >= 4 is 8.60 Å². The predicted octanol–water partition coefficient (Wildman–Crippen LogP) is 12.8. The van der Waals surface area contributed by atoms with Gasteiger partial charge in [0.05, 0.1) is 25.4 Å². The van der Waals surface area contributed by atoms with Gasteiger partial charge in [-0.25, -0.2) is 0 Å². The summed E-state index contributed by atoms with van der Waals surface area (Å²) >= 11 is 0. The number of unbranched alkanes of at least 4 members (excludes halogenated alkanes) is 12. The van der Waals surface area contributed by atoms with Crippen LogP contribution in [0.4, 0.5) is 0 Å². The van der Waals surface area contributed by atoms with Gasteiger partial charge in [0, 0.05) is 13.2 Å². The molecule has 0 aliphatic carbocycles.